The Morgan fingerprint density at radius 2 is 1.90 bits per heavy atom. The van der Waals surface area contributed by atoms with E-state index < -0.39 is 24.7 Å². The molecule has 0 aliphatic carbocycles. The number of alkyl halides is 2. The van der Waals surface area contributed by atoms with Crippen LogP contribution < -0.4 is 0 Å². The van der Waals surface area contributed by atoms with Crippen molar-refractivity contribution in [2.75, 3.05) is 6.61 Å². The van der Waals surface area contributed by atoms with Crippen molar-refractivity contribution in [2.45, 2.75) is 24.7 Å². The molecule has 4 atom stereocenters. The molecule has 0 radical (unpaired) electrons. The van der Waals surface area contributed by atoms with E-state index in [2.05, 4.69) is 4.74 Å². The van der Waals surface area contributed by atoms with E-state index in [9.17, 15) is 8.78 Å². The van der Waals surface area contributed by atoms with Gasteiger partial charge in [0, 0.05) is 0 Å². The van der Waals surface area contributed by atoms with Crippen LogP contribution in [0.1, 0.15) is 0 Å². The van der Waals surface area contributed by atoms with Gasteiger partial charge in [-0.05, 0) is 0 Å². The molecule has 0 amide bonds. The highest BCUT2D eigenvalue weighted by Gasteiger charge is 2.39. The monoisotopic (exact) mass is 154 g/mol. The van der Waals surface area contributed by atoms with Gasteiger partial charge in [0.2, 0.25) is 6.36 Å². The van der Waals surface area contributed by atoms with Crippen LogP contribution in [0.15, 0.2) is 0 Å². The molecule has 0 aromatic carbocycles. The fourth-order valence-electron chi connectivity index (χ4n) is 0.748. The quantitative estimate of drug-likeness (QED) is 0.488. The van der Waals surface area contributed by atoms with Crippen molar-refractivity contribution >= 4 is 0 Å². The second kappa shape index (κ2) is 2.77. The summed E-state index contributed by atoms with van der Waals surface area (Å²) >= 11 is 0. The second-order valence-electron chi connectivity index (χ2n) is 2.19. The summed E-state index contributed by atoms with van der Waals surface area (Å²) < 4.78 is 28.6. The van der Waals surface area contributed by atoms with E-state index in [-0.39, 0.29) is 6.61 Å². The number of hydrogen-bond acceptors (Lipinski definition) is 3. The molecule has 0 unspecified atom stereocenters. The lowest BCUT2D eigenvalue weighted by Crippen LogP contribution is -2.49. The van der Waals surface area contributed by atoms with Gasteiger partial charge in [0.05, 0.1) is 6.61 Å². The Labute approximate surface area is 56.2 Å². The maximum absolute atomic E-state index is 12.3. The van der Waals surface area contributed by atoms with Crippen molar-refractivity contribution < 1.29 is 23.7 Å². The summed E-state index contributed by atoms with van der Waals surface area (Å²) in [6, 6.07) is 0. The van der Waals surface area contributed by atoms with Crippen LogP contribution in [-0.2, 0) is 4.74 Å². The molecule has 1 saturated heterocycles. The smallest absolute Gasteiger partial charge is 0.233 e. The fourth-order valence-corrected chi connectivity index (χ4v) is 0.748. The summed E-state index contributed by atoms with van der Waals surface area (Å²) in [6.45, 7) is -0.358. The normalized spacial score (nSPS) is 49.2. The first-order chi connectivity index (χ1) is 4.63. The number of hydrogen-bond donors (Lipinski definition) is 2. The Balaban J connectivity index is 2.52. The van der Waals surface area contributed by atoms with Crippen molar-refractivity contribution in [3.05, 3.63) is 0 Å². The van der Waals surface area contributed by atoms with Crippen LogP contribution in [-0.4, -0.2) is 41.6 Å². The molecule has 1 rings (SSSR count). The average Bonchev–Trinajstić information content (AvgIpc) is 1.93. The predicted octanol–water partition coefficient (Wildman–Crippen LogP) is -0.628. The summed E-state index contributed by atoms with van der Waals surface area (Å²) in [5.74, 6) is 0. The molecule has 0 spiro atoms. The average molecular weight is 154 g/mol. The largest absolute Gasteiger partial charge is 0.388 e. The molecule has 0 aromatic rings. The molecule has 10 heavy (non-hydrogen) atoms. The van der Waals surface area contributed by atoms with Crippen LogP contribution >= 0.6 is 0 Å². The first-order valence-electron chi connectivity index (χ1n) is 2.89. The van der Waals surface area contributed by atoms with Gasteiger partial charge in [-0.3, -0.25) is 0 Å². The molecule has 1 fully saturated rings. The zero-order valence-electron chi connectivity index (χ0n) is 5.08. The summed E-state index contributed by atoms with van der Waals surface area (Å²) in [5.41, 5.74) is 0. The van der Waals surface area contributed by atoms with Crippen LogP contribution in [0.5, 0.6) is 0 Å². The molecule has 5 heteroatoms. The minimum absolute atomic E-state index is 0.358. The van der Waals surface area contributed by atoms with E-state index >= 15 is 0 Å². The predicted molar refractivity (Wildman–Crippen MR) is 27.8 cm³/mol. The van der Waals surface area contributed by atoms with Gasteiger partial charge >= 0.3 is 0 Å². The van der Waals surface area contributed by atoms with Gasteiger partial charge < -0.3 is 14.9 Å². The number of aliphatic hydroxyl groups excluding tert-OH is 2. The van der Waals surface area contributed by atoms with Crippen molar-refractivity contribution in [2.24, 2.45) is 0 Å². The van der Waals surface area contributed by atoms with Crippen LogP contribution in [0.25, 0.3) is 0 Å². The topological polar surface area (TPSA) is 49.7 Å². The molecule has 1 heterocycles. The van der Waals surface area contributed by atoms with Crippen molar-refractivity contribution in [3.63, 3.8) is 0 Å². The maximum Gasteiger partial charge on any atom is 0.233 e. The van der Waals surface area contributed by atoms with Gasteiger partial charge in [0.15, 0.2) is 6.17 Å². The van der Waals surface area contributed by atoms with Crippen LogP contribution in [0.4, 0.5) is 8.78 Å². The summed E-state index contributed by atoms with van der Waals surface area (Å²) in [7, 11) is 0. The standard InChI is InChI=1S/C5H8F2O3/c6-3-4(9)2(8)1-10-5(3)7/h2-5,8-9H,1H2/t2-,3+,4-,5+/m0/s1. The lowest BCUT2D eigenvalue weighted by atomic mass is 10.1. The Bertz CT molecular complexity index is 107. The van der Waals surface area contributed by atoms with Crippen molar-refractivity contribution in [3.8, 4) is 0 Å². The first-order valence-corrected chi connectivity index (χ1v) is 2.89. The summed E-state index contributed by atoms with van der Waals surface area (Å²) in [4.78, 5) is 0. The fraction of sp³-hybridized carbons (Fsp3) is 1.00. The summed E-state index contributed by atoms with van der Waals surface area (Å²) in [6.07, 6.45) is -7.23. The van der Waals surface area contributed by atoms with Crippen LogP contribution in [0.2, 0.25) is 0 Å². The third-order valence-electron chi connectivity index (χ3n) is 1.40. The minimum atomic E-state index is -2.14. The Morgan fingerprint density at radius 1 is 1.30 bits per heavy atom. The van der Waals surface area contributed by atoms with E-state index in [0.717, 1.165) is 0 Å². The molecule has 2 N–H and O–H groups in total. The molecule has 60 valence electrons. The van der Waals surface area contributed by atoms with Gasteiger partial charge in [-0.15, -0.1) is 0 Å². The molecule has 0 saturated carbocycles. The van der Waals surface area contributed by atoms with E-state index in [1.54, 1.807) is 0 Å². The molecular weight excluding hydrogens is 146 g/mol. The molecule has 1 aliphatic rings. The Kier molecular flexibility index (Phi) is 2.18. The van der Waals surface area contributed by atoms with Crippen LogP contribution in [0.3, 0.4) is 0 Å². The van der Waals surface area contributed by atoms with Crippen LogP contribution in [0, 0.1) is 0 Å². The van der Waals surface area contributed by atoms with Crippen molar-refractivity contribution in [1.29, 1.82) is 0 Å². The van der Waals surface area contributed by atoms with E-state index in [1.807, 2.05) is 0 Å². The number of halogens is 2. The Hall–Kier alpha value is -0.260. The van der Waals surface area contributed by atoms with E-state index in [4.69, 9.17) is 10.2 Å². The van der Waals surface area contributed by atoms with E-state index in [0.29, 0.717) is 0 Å². The SMILES string of the molecule is O[C@@H]1[C@@H](F)[C@H](F)OC[C@@H]1O. The third kappa shape index (κ3) is 1.25. The lowest BCUT2D eigenvalue weighted by Gasteiger charge is -2.29. The third-order valence-corrected chi connectivity index (χ3v) is 1.40. The van der Waals surface area contributed by atoms with Gasteiger partial charge in [-0.2, -0.15) is 0 Å². The number of aliphatic hydroxyl groups is 2. The Morgan fingerprint density at radius 3 is 2.40 bits per heavy atom. The first kappa shape index (κ1) is 7.84. The van der Waals surface area contributed by atoms with Crippen molar-refractivity contribution in [1.82, 2.24) is 0 Å². The van der Waals surface area contributed by atoms with Gasteiger partial charge in [-0.1, -0.05) is 0 Å². The zero-order chi connectivity index (χ0) is 7.72. The lowest BCUT2D eigenvalue weighted by molar-refractivity contribution is -0.203. The molecule has 0 aromatic heterocycles. The minimum Gasteiger partial charge on any atom is -0.388 e. The molecule has 1 aliphatic heterocycles. The van der Waals surface area contributed by atoms with Gasteiger partial charge in [0.1, 0.15) is 12.2 Å². The zero-order valence-corrected chi connectivity index (χ0v) is 5.08. The highest BCUT2D eigenvalue weighted by atomic mass is 19.2. The number of rotatable bonds is 0. The second-order valence-corrected chi connectivity index (χ2v) is 2.19. The van der Waals surface area contributed by atoms with E-state index in [1.165, 1.54) is 0 Å². The van der Waals surface area contributed by atoms with Gasteiger partial charge in [-0.25, -0.2) is 8.78 Å². The highest BCUT2D eigenvalue weighted by Crippen LogP contribution is 2.18. The maximum atomic E-state index is 12.3. The highest BCUT2D eigenvalue weighted by molar-refractivity contribution is 4.81. The molecular formula is C5H8F2O3. The van der Waals surface area contributed by atoms with Gasteiger partial charge in [0.25, 0.3) is 0 Å². The summed E-state index contributed by atoms with van der Waals surface area (Å²) in [5, 5.41) is 17.4. The molecule has 0 bridgehead atoms. The molecule has 3 nitrogen and oxygen atoms in total. The number of ether oxygens (including phenoxy) is 1.